The predicted octanol–water partition coefficient (Wildman–Crippen LogP) is 4.85. The molecule has 0 aliphatic carbocycles. The van der Waals surface area contributed by atoms with E-state index in [2.05, 4.69) is 4.98 Å². The van der Waals surface area contributed by atoms with E-state index in [0.29, 0.717) is 34.9 Å². The Hall–Kier alpha value is -2.29. The lowest BCUT2D eigenvalue weighted by atomic mass is 10.1. The van der Waals surface area contributed by atoms with E-state index in [1.165, 1.54) is 53.6 Å². The van der Waals surface area contributed by atoms with Gasteiger partial charge in [-0.2, -0.15) is 0 Å². The van der Waals surface area contributed by atoms with Gasteiger partial charge in [-0.15, -0.1) is 11.8 Å². The fourth-order valence-corrected chi connectivity index (χ4v) is 6.04. The van der Waals surface area contributed by atoms with Crippen LogP contribution in [0.15, 0.2) is 64.6 Å². The summed E-state index contributed by atoms with van der Waals surface area (Å²) < 4.78 is 46.6. The topological polar surface area (TPSA) is 59.5 Å². The molecule has 1 aromatic heterocycles. The Morgan fingerprint density at radius 2 is 1.93 bits per heavy atom. The lowest BCUT2D eigenvalue weighted by Gasteiger charge is -2.31. The van der Waals surface area contributed by atoms with Gasteiger partial charge in [-0.3, -0.25) is 9.29 Å². The van der Waals surface area contributed by atoms with Crippen molar-refractivity contribution < 1.29 is 17.5 Å². The number of hydrogen-bond acceptors (Lipinski definition) is 5. The Bertz CT molecular complexity index is 1170. The maximum atomic E-state index is 13.6. The molecule has 0 amide bonds. The Morgan fingerprint density at radius 3 is 2.62 bits per heavy atom. The number of fused-ring (bicyclic) bond motifs is 1. The van der Waals surface area contributed by atoms with E-state index in [-0.39, 0.29) is 9.92 Å². The number of hydrogen-bond donors (Lipinski definition) is 0. The van der Waals surface area contributed by atoms with Crippen LogP contribution in [0.25, 0.3) is 11.1 Å². The molecule has 0 saturated heterocycles. The molecule has 3 aromatic rings. The van der Waals surface area contributed by atoms with Crippen molar-refractivity contribution >= 4 is 39.1 Å². The molecule has 0 unspecified atom stereocenters. The van der Waals surface area contributed by atoms with Crippen molar-refractivity contribution in [1.29, 1.82) is 0 Å². The molecule has 0 bridgehead atoms. The largest absolute Gasteiger partial charge is 0.497 e. The van der Waals surface area contributed by atoms with Gasteiger partial charge in [0.05, 0.1) is 28.9 Å². The van der Waals surface area contributed by atoms with Crippen molar-refractivity contribution in [3.63, 3.8) is 0 Å². The summed E-state index contributed by atoms with van der Waals surface area (Å²) in [6.07, 6.45) is 3.18. The first-order chi connectivity index (χ1) is 13.9. The minimum Gasteiger partial charge on any atom is -0.497 e. The van der Waals surface area contributed by atoms with Gasteiger partial charge in [0.25, 0.3) is 10.0 Å². The number of anilines is 1. The average Bonchev–Trinajstić information content (AvgIpc) is 2.75. The predicted molar refractivity (Wildman–Crippen MR) is 113 cm³/mol. The molecule has 2 heterocycles. The lowest BCUT2D eigenvalue weighted by molar-refractivity contribution is 0.414. The van der Waals surface area contributed by atoms with Crippen LogP contribution in [0.1, 0.15) is 0 Å². The van der Waals surface area contributed by atoms with Crippen LogP contribution in [0, 0.1) is 5.82 Å². The second-order valence-electron chi connectivity index (χ2n) is 6.27. The van der Waals surface area contributed by atoms with Crippen molar-refractivity contribution in [3.8, 4) is 16.9 Å². The number of thioether (sulfide) groups is 1. The van der Waals surface area contributed by atoms with E-state index in [0.717, 1.165) is 4.90 Å². The molecular weight excluding hydrogens is 435 g/mol. The maximum Gasteiger partial charge on any atom is 0.264 e. The SMILES string of the molecule is COc1ccc(S(=O)(=O)N2CCSc3c(-c4ccc(F)c(Cl)c4)cncc32)cc1. The molecule has 0 atom stereocenters. The third-order valence-corrected chi connectivity index (χ3v) is 7.79. The molecule has 2 aromatic carbocycles. The maximum absolute atomic E-state index is 13.6. The molecule has 4 rings (SSSR count). The van der Waals surface area contributed by atoms with Crippen molar-refractivity contribution in [2.45, 2.75) is 9.79 Å². The highest BCUT2D eigenvalue weighted by molar-refractivity contribution is 8.00. The Morgan fingerprint density at radius 1 is 1.17 bits per heavy atom. The smallest absolute Gasteiger partial charge is 0.264 e. The first-order valence-electron chi connectivity index (χ1n) is 8.65. The molecule has 29 heavy (non-hydrogen) atoms. The van der Waals surface area contributed by atoms with Gasteiger partial charge in [0.2, 0.25) is 0 Å². The van der Waals surface area contributed by atoms with Crippen LogP contribution in [-0.2, 0) is 10.0 Å². The first kappa shape index (κ1) is 20.0. The van der Waals surface area contributed by atoms with Crippen LogP contribution in [-0.4, -0.2) is 32.8 Å². The summed E-state index contributed by atoms with van der Waals surface area (Å²) in [5.41, 5.74) is 1.89. The normalized spacial score (nSPS) is 13.8. The van der Waals surface area contributed by atoms with E-state index < -0.39 is 15.8 Å². The molecule has 1 aliphatic heterocycles. The molecule has 0 N–H and O–H groups in total. The number of pyridine rings is 1. The average molecular weight is 451 g/mol. The van der Waals surface area contributed by atoms with Gasteiger partial charge in [0, 0.05) is 29.0 Å². The number of rotatable bonds is 4. The van der Waals surface area contributed by atoms with Crippen LogP contribution in [0.5, 0.6) is 5.75 Å². The molecule has 0 spiro atoms. The van der Waals surface area contributed by atoms with E-state index in [4.69, 9.17) is 16.3 Å². The summed E-state index contributed by atoms with van der Waals surface area (Å²) in [5, 5.41) is 0.00335. The van der Waals surface area contributed by atoms with Crippen molar-refractivity contribution in [2.75, 3.05) is 23.7 Å². The molecule has 9 heteroatoms. The Balaban J connectivity index is 1.79. The highest BCUT2D eigenvalue weighted by Crippen LogP contribution is 2.43. The van der Waals surface area contributed by atoms with Gasteiger partial charge in [0.1, 0.15) is 11.6 Å². The van der Waals surface area contributed by atoms with E-state index in [9.17, 15) is 12.8 Å². The molecule has 0 saturated carbocycles. The summed E-state index contributed by atoms with van der Waals surface area (Å²) in [4.78, 5) is 5.18. The molecular formula is C20H16ClFN2O3S2. The standard InChI is InChI=1S/C20H16ClFN2O3S2/c1-27-14-3-5-15(6-4-14)29(25,26)24-8-9-28-20-16(11-23-12-19(20)24)13-2-7-18(22)17(21)10-13/h2-7,10-12H,8-9H2,1H3. The first-order valence-corrected chi connectivity index (χ1v) is 11.4. The number of sulfonamides is 1. The zero-order valence-corrected chi connectivity index (χ0v) is 17.7. The van der Waals surface area contributed by atoms with Crippen LogP contribution >= 0.6 is 23.4 Å². The van der Waals surface area contributed by atoms with Gasteiger partial charge in [-0.05, 0) is 42.0 Å². The van der Waals surface area contributed by atoms with Crippen molar-refractivity contribution in [3.05, 3.63) is 65.7 Å². The van der Waals surface area contributed by atoms with E-state index in [1.54, 1.807) is 24.4 Å². The minimum atomic E-state index is -3.78. The number of methoxy groups -OCH3 is 1. The molecule has 0 fully saturated rings. The second kappa shape index (κ2) is 7.85. The highest BCUT2D eigenvalue weighted by atomic mass is 35.5. The Labute approximate surface area is 177 Å². The quantitative estimate of drug-likeness (QED) is 0.568. The van der Waals surface area contributed by atoms with E-state index in [1.807, 2.05) is 0 Å². The van der Waals surface area contributed by atoms with Gasteiger partial charge in [0.15, 0.2) is 0 Å². The van der Waals surface area contributed by atoms with Crippen molar-refractivity contribution in [2.24, 2.45) is 0 Å². The minimum absolute atomic E-state index is 0.00335. The van der Waals surface area contributed by atoms with Crippen LogP contribution in [0.3, 0.4) is 0 Å². The fourth-order valence-electron chi connectivity index (χ4n) is 3.11. The van der Waals surface area contributed by atoms with Crippen molar-refractivity contribution in [1.82, 2.24) is 4.98 Å². The summed E-state index contributed by atoms with van der Waals surface area (Å²) >= 11 is 7.47. The van der Waals surface area contributed by atoms with Gasteiger partial charge in [-0.25, -0.2) is 12.8 Å². The molecule has 5 nitrogen and oxygen atoms in total. The highest BCUT2D eigenvalue weighted by Gasteiger charge is 2.31. The molecule has 150 valence electrons. The summed E-state index contributed by atoms with van der Waals surface area (Å²) in [6.45, 7) is 0.321. The zero-order chi connectivity index (χ0) is 20.6. The summed E-state index contributed by atoms with van der Waals surface area (Å²) in [6, 6.07) is 10.7. The van der Waals surface area contributed by atoms with Crippen LogP contribution in [0.2, 0.25) is 5.02 Å². The second-order valence-corrected chi connectivity index (χ2v) is 9.64. The monoisotopic (exact) mass is 450 g/mol. The lowest BCUT2D eigenvalue weighted by Crippen LogP contribution is -2.35. The fraction of sp³-hybridized carbons (Fsp3) is 0.150. The molecule has 0 radical (unpaired) electrons. The summed E-state index contributed by atoms with van der Waals surface area (Å²) in [5.74, 6) is 0.647. The van der Waals surface area contributed by atoms with Gasteiger partial charge in [-0.1, -0.05) is 17.7 Å². The van der Waals surface area contributed by atoms with Gasteiger partial charge >= 0.3 is 0 Å². The number of aromatic nitrogens is 1. The van der Waals surface area contributed by atoms with Crippen LogP contribution in [0.4, 0.5) is 10.1 Å². The van der Waals surface area contributed by atoms with Crippen LogP contribution < -0.4 is 9.04 Å². The van der Waals surface area contributed by atoms with Gasteiger partial charge < -0.3 is 4.74 Å². The third kappa shape index (κ3) is 3.68. The Kier molecular flexibility index (Phi) is 5.42. The zero-order valence-electron chi connectivity index (χ0n) is 15.3. The number of benzene rings is 2. The number of halogens is 2. The summed E-state index contributed by atoms with van der Waals surface area (Å²) in [7, 11) is -2.25. The third-order valence-electron chi connectivity index (χ3n) is 4.57. The van der Waals surface area contributed by atoms with E-state index >= 15 is 0 Å². The number of ether oxygens (including phenoxy) is 1. The number of nitrogens with zero attached hydrogens (tertiary/aromatic N) is 2. The molecule has 1 aliphatic rings.